The molecule has 2 aliphatic rings. The maximum atomic E-state index is 12.9. The highest BCUT2D eigenvalue weighted by atomic mass is 32.2. The Hall–Kier alpha value is -2.85. The summed E-state index contributed by atoms with van der Waals surface area (Å²) in [6.45, 7) is 0. The highest BCUT2D eigenvalue weighted by Gasteiger charge is 2.41. The van der Waals surface area contributed by atoms with E-state index in [1.54, 1.807) is 31.4 Å². The van der Waals surface area contributed by atoms with Crippen LogP contribution in [0.3, 0.4) is 0 Å². The highest BCUT2D eigenvalue weighted by Crippen LogP contribution is 2.36. The Morgan fingerprint density at radius 2 is 2.04 bits per heavy atom. The summed E-state index contributed by atoms with van der Waals surface area (Å²) in [5.41, 5.74) is 3.12. The first-order valence-corrected chi connectivity index (χ1v) is 9.59. The van der Waals surface area contributed by atoms with Gasteiger partial charge in [-0.1, -0.05) is 11.8 Å². The van der Waals surface area contributed by atoms with E-state index in [4.69, 9.17) is 4.74 Å². The summed E-state index contributed by atoms with van der Waals surface area (Å²) in [4.78, 5) is 31.1. The van der Waals surface area contributed by atoms with Crippen molar-refractivity contribution in [3.63, 3.8) is 0 Å². The van der Waals surface area contributed by atoms with E-state index >= 15 is 0 Å². The number of amides is 2. The van der Waals surface area contributed by atoms with Crippen LogP contribution in [0, 0.1) is 11.3 Å². The SMILES string of the molecule is COc1ccc(N2C(=O)CC(Sc3nc4c(cc3C#N)CCC4)C2=O)cc1. The number of anilines is 1. The van der Waals surface area contributed by atoms with Crippen molar-refractivity contribution in [2.24, 2.45) is 0 Å². The minimum absolute atomic E-state index is 0.0964. The van der Waals surface area contributed by atoms with Gasteiger partial charge in [0.05, 0.1) is 23.6 Å². The smallest absolute Gasteiger partial charge is 0.247 e. The van der Waals surface area contributed by atoms with Crippen molar-refractivity contribution < 1.29 is 14.3 Å². The lowest BCUT2D eigenvalue weighted by Gasteiger charge is -2.15. The number of hydrogen-bond acceptors (Lipinski definition) is 6. The molecule has 2 amide bonds. The number of methoxy groups -OCH3 is 1. The van der Waals surface area contributed by atoms with E-state index in [1.807, 2.05) is 6.07 Å². The average molecular weight is 379 g/mol. The fourth-order valence-electron chi connectivity index (χ4n) is 3.46. The number of aromatic nitrogens is 1. The molecular formula is C20H17N3O3S. The number of imide groups is 1. The van der Waals surface area contributed by atoms with Crippen LogP contribution in [-0.4, -0.2) is 29.2 Å². The maximum absolute atomic E-state index is 12.9. The topological polar surface area (TPSA) is 83.3 Å². The molecule has 7 heteroatoms. The number of hydrogen-bond donors (Lipinski definition) is 0. The van der Waals surface area contributed by atoms with Gasteiger partial charge in [-0.2, -0.15) is 5.26 Å². The number of pyridine rings is 1. The Balaban J connectivity index is 1.58. The molecule has 2 aromatic rings. The normalized spacial score (nSPS) is 18.5. The van der Waals surface area contributed by atoms with Crippen LogP contribution in [-0.2, 0) is 22.4 Å². The summed E-state index contributed by atoms with van der Waals surface area (Å²) < 4.78 is 5.12. The zero-order valence-electron chi connectivity index (χ0n) is 14.8. The molecule has 136 valence electrons. The lowest BCUT2D eigenvalue weighted by atomic mass is 10.2. The first-order chi connectivity index (χ1) is 13.1. The van der Waals surface area contributed by atoms with Gasteiger partial charge in [0.1, 0.15) is 16.8 Å². The molecule has 1 aromatic carbocycles. The van der Waals surface area contributed by atoms with Crippen molar-refractivity contribution in [1.29, 1.82) is 5.26 Å². The van der Waals surface area contributed by atoms with Crippen LogP contribution in [0.25, 0.3) is 0 Å². The molecule has 4 rings (SSSR count). The van der Waals surface area contributed by atoms with Gasteiger partial charge >= 0.3 is 0 Å². The van der Waals surface area contributed by atoms with Crippen molar-refractivity contribution in [2.75, 3.05) is 12.0 Å². The standard InChI is InChI=1S/C20H17N3O3S/c1-26-15-7-5-14(6-8-15)23-18(24)10-17(20(23)25)27-19-13(11-21)9-12-3-2-4-16(12)22-19/h5-9,17H,2-4,10H2,1H3. The highest BCUT2D eigenvalue weighted by molar-refractivity contribution is 8.00. The van der Waals surface area contributed by atoms with Gasteiger partial charge < -0.3 is 4.74 Å². The van der Waals surface area contributed by atoms with E-state index in [0.29, 0.717) is 22.0 Å². The van der Waals surface area contributed by atoms with Crippen LogP contribution in [0.15, 0.2) is 35.4 Å². The van der Waals surface area contributed by atoms with E-state index in [-0.39, 0.29) is 18.2 Å². The first-order valence-electron chi connectivity index (χ1n) is 8.71. The molecule has 27 heavy (non-hydrogen) atoms. The lowest BCUT2D eigenvalue weighted by Crippen LogP contribution is -2.31. The predicted octanol–water partition coefficient (Wildman–Crippen LogP) is 2.87. The van der Waals surface area contributed by atoms with Crippen molar-refractivity contribution in [3.05, 3.63) is 47.2 Å². The molecule has 1 saturated heterocycles. The number of aryl methyl sites for hydroxylation is 2. The number of carbonyl (C=O) groups excluding carboxylic acids is 2. The number of rotatable bonds is 4. The summed E-state index contributed by atoms with van der Waals surface area (Å²) in [6, 6.07) is 10.9. The second-order valence-electron chi connectivity index (χ2n) is 6.49. The third kappa shape index (κ3) is 3.17. The summed E-state index contributed by atoms with van der Waals surface area (Å²) >= 11 is 1.22. The Bertz CT molecular complexity index is 966. The summed E-state index contributed by atoms with van der Waals surface area (Å²) in [6.07, 6.45) is 2.96. The Labute approximate surface area is 161 Å². The van der Waals surface area contributed by atoms with Crippen molar-refractivity contribution in [1.82, 2.24) is 4.98 Å². The number of ether oxygens (including phenoxy) is 1. The third-order valence-corrected chi connectivity index (χ3v) is 6.01. The maximum Gasteiger partial charge on any atom is 0.247 e. The van der Waals surface area contributed by atoms with Crippen LogP contribution in [0.2, 0.25) is 0 Å². The van der Waals surface area contributed by atoms with Crippen LogP contribution >= 0.6 is 11.8 Å². The Morgan fingerprint density at radius 1 is 1.26 bits per heavy atom. The number of nitriles is 1. The molecule has 1 unspecified atom stereocenters. The molecule has 2 heterocycles. The zero-order valence-corrected chi connectivity index (χ0v) is 15.6. The van der Waals surface area contributed by atoms with Gasteiger partial charge in [0.25, 0.3) is 0 Å². The van der Waals surface area contributed by atoms with E-state index in [0.717, 1.165) is 30.5 Å². The number of fused-ring (bicyclic) bond motifs is 1. The zero-order chi connectivity index (χ0) is 19.0. The van der Waals surface area contributed by atoms with Gasteiger partial charge in [-0.15, -0.1) is 0 Å². The quantitative estimate of drug-likeness (QED) is 0.760. The summed E-state index contributed by atoms with van der Waals surface area (Å²) in [7, 11) is 1.56. The molecular weight excluding hydrogens is 362 g/mol. The Morgan fingerprint density at radius 3 is 2.74 bits per heavy atom. The van der Waals surface area contributed by atoms with Crippen molar-refractivity contribution in [2.45, 2.75) is 36.0 Å². The van der Waals surface area contributed by atoms with Gasteiger partial charge in [0, 0.05) is 12.1 Å². The van der Waals surface area contributed by atoms with Crippen molar-refractivity contribution >= 4 is 29.3 Å². The van der Waals surface area contributed by atoms with E-state index < -0.39 is 5.25 Å². The molecule has 0 saturated carbocycles. The molecule has 0 bridgehead atoms. The molecule has 1 aliphatic heterocycles. The van der Waals surface area contributed by atoms with Gasteiger partial charge in [0.2, 0.25) is 11.8 Å². The van der Waals surface area contributed by atoms with Crippen LogP contribution in [0.4, 0.5) is 5.69 Å². The first kappa shape index (κ1) is 17.6. The molecule has 0 radical (unpaired) electrons. The van der Waals surface area contributed by atoms with Crippen LogP contribution in [0.1, 0.15) is 29.7 Å². The summed E-state index contributed by atoms with van der Waals surface area (Å²) in [5, 5.41) is 9.42. The molecule has 6 nitrogen and oxygen atoms in total. The third-order valence-electron chi connectivity index (χ3n) is 4.83. The number of thioether (sulfide) groups is 1. The molecule has 0 spiro atoms. The van der Waals surface area contributed by atoms with Crippen LogP contribution in [0.5, 0.6) is 5.75 Å². The molecule has 1 fully saturated rings. The van der Waals surface area contributed by atoms with Gasteiger partial charge in [-0.05, 0) is 55.2 Å². The van der Waals surface area contributed by atoms with Gasteiger partial charge in [-0.3, -0.25) is 9.59 Å². The summed E-state index contributed by atoms with van der Waals surface area (Å²) in [5.74, 6) is 0.133. The fraction of sp³-hybridized carbons (Fsp3) is 0.300. The van der Waals surface area contributed by atoms with Gasteiger partial charge in [-0.25, -0.2) is 9.88 Å². The minimum atomic E-state index is -0.571. The fourth-order valence-corrected chi connectivity index (χ4v) is 4.55. The second kappa shape index (κ2) is 7.05. The second-order valence-corrected chi connectivity index (χ2v) is 7.68. The number of benzene rings is 1. The van der Waals surface area contributed by atoms with E-state index in [1.165, 1.54) is 16.7 Å². The number of nitrogens with zero attached hydrogens (tertiary/aromatic N) is 3. The van der Waals surface area contributed by atoms with Crippen molar-refractivity contribution in [3.8, 4) is 11.8 Å². The minimum Gasteiger partial charge on any atom is -0.497 e. The monoisotopic (exact) mass is 379 g/mol. The largest absolute Gasteiger partial charge is 0.497 e. The van der Waals surface area contributed by atoms with E-state index in [9.17, 15) is 14.9 Å². The van der Waals surface area contributed by atoms with Crippen LogP contribution < -0.4 is 9.64 Å². The average Bonchev–Trinajstić information content (AvgIpc) is 3.25. The molecule has 1 aliphatic carbocycles. The Kier molecular flexibility index (Phi) is 4.58. The lowest BCUT2D eigenvalue weighted by molar-refractivity contribution is -0.121. The predicted molar refractivity (Wildman–Crippen MR) is 101 cm³/mol. The van der Waals surface area contributed by atoms with E-state index in [2.05, 4.69) is 11.1 Å². The molecule has 0 N–H and O–H groups in total. The number of carbonyl (C=O) groups is 2. The molecule has 1 atom stereocenters. The molecule has 1 aromatic heterocycles. The van der Waals surface area contributed by atoms with Gasteiger partial charge in [0.15, 0.2) is 0 Å².